The van der Waals surface area contributed by atoms with Gasteiger partial charge in [0, 0.05) is 0 Å². The Morgan fingerprint density at radius 3 is 1.73 bits per heavy atom. The van der Waals surface area contributed by atoms with Gasteiger partial charge in [0.1, 0.15) is 0 Å². The molecule has 0 fully saturated rings. The fraction of sp³-hybridized carbons (Fsp3) is 1.00. The summed E-state index contributed by atoms with van der Waals surface area (Å²) in [6.45, 7) is 2.27. The molecular weight excluding hydrogens is 197 g/mol. The zero-order chi connectivity index (χ0) is 8.85. The molecule has 0 spiro atoms. The molecule has 0 aliphatic carbocycles. The van der Waals surface area contributed by atoms with Crippen molar-refractivity contribution in [1.29, 1.82) is 0 Å². The zero-order valence-electron chi connectivity index (χ0n) is 8.52. The van der Waals surface area contributed by atoms with Gasteiger partial charge < -0.3 is 0 Å². The molecule has 0 N–H and O–H groups in total. The van der Waals surface area contributed by atoms with Gasteiger partial charge in [-0.3, -0.25) is 0 Å². The van der Waals surface area contributed by atoms with E-state index in [1.165, 1.54) is 18.1 Å². The molecule has 0 aliphatic rings. The third-order valence-electron chi connectivity index (χ3n) is 1.79. The van der Waals surface area contributed by atoms with Crippen LogP contribution in [0.2, 0.25) is 5.25 Å². The Kier molecular flexibility index (Phi) is 6.29. The van der Waals surface area contributed by atoms with E-state index in [-0.39, 0.29) is 0 Å². The molecule has 0 heterocycles. The number of hydrogen-bond donors (Lipinski definition) is 0. The van der Waals surface area contributed by atoms with Gasteiger partial charge in [-0.05, 0) is 0 Å². The van der Waals surface area contributed by atoms with Crippen molar-refractivity contribution in [3.63, 3.8) is 0 Å². The summed E-state index contributed by atoms with van der Waals surface area (Å²) in [5.41, 5.74) is 0. The quantitative estimate of drug-likeness (QED) is 0.643. The van der Waals surface area contributed by atoms with E-state index in [0.717, 1.165) is 0 Å². The minimum absolute atomic E-state index is 0.999. The molecule has 11 heavy (non-hydrogen) atoms. The van der Waals surface area contributed by atoms with Crippen LogP contribution in [0, 0.1) is 0 Å². The van der Waals surface area contributed by atoms with Crippen LogP contribution in [0.3, 0.4) is 0 Å². The topological polar surface area (TPSA) is 6.48 Å². The number of nitrogens with zero attached hydrogens (tertiary/aromatic N) is 2. The molecule has 0 aromatic carbocycles. The van der Waals surface area contributed by atoms with Crippen molar-refractivity contribution in [2.75, 3.05) is 28.2 Å². The van der Waals surface area contributed by atoms with E-state index in [2.05, 4.69) is 42.8 Å². The Balaban J connectivity index is 3.70. The van der Waals surface area contributed by atoms with Crippen LogP contribution in [-0.4, -0.2) is 50.7 Å². The summed E-state index contributed by atoms with van der Waals surface area (Å²) < 4.78 is 4.88. The predicted octanol–water partition coefficient (Wildman–Crippen LogP) is 1.40. The molecular formula is C8H21GeN2. The molecule has 1 radical (unpaired) electrons. The predicted molar refractivity (Wildman–Crippen MR) is 52.8 cm³/mol. The van der Waals surface area contributed by atoms with Crippen LogP contribution >= 0.6 is 0 Å². The maximum absolute atomic E-state index is 2.44. The first-order valence-corrected chi connectivity index (χ1v) is 7.66. The average molecular weight is 218 g/mol. The summed E-state index contributed by atoms with van der Waals surface area (Å²) in [5.74, 6) is 0. The summed E-state index contributed by atoms with van der Waals surface area (Å²) >= 11 is -0.999. The van der Waals surface area contributed by atoms with Gasteiger partial charge in [0.05, 0.1) is 0 Å². The van der Waals surface area contributed by atoms with E-state index >= 15 is 0 Å². The van der Waals surface area contributed by atoms with Gasteiger partial charge in [0.25, 0.3) is 0 Å². The van der Waals surface area contributed by atoms with E-state index in [0.29, 0.717) is 0 Å². The summed E-state index contributed by atoms with van der Waals surface area (Å²) in [6, 6.07) is 0. The normalized spacial score (nSPS) is 12.0. The van der Waals surface area contributed by atoms with E-state index < -0.39 is 14.8 Å². The molecule has 0 amide bonds. The maximum atomic E-state index is 2.44. The third-order valence-corrected chi connectivity index (χ3v) is 7.80. The van der Waals surface area contributed by atoms with Gasteiger partial charge in [0.2, 0.25) is 0 Å². The molecule has 0 atom stereocenters. The van der Waals surface area contributed by atoms with Crippen LogP contribution in [0.15, 0.2) is 0 Å². The standard InChI is InChI=1S/C8H21GeN2/c1-6-7-8-9(10(2)3)11(4)5/h6-8H2,1-5H3. The van der Waals surface area contributed by atoms with Crippen molar-refractivity contribution in [2.45, 2.75) is 25.0 Å². The second-order valence-corrected chi connectivity index (χ2v) is 9.86. The van der Waals surface area contributed by atoms with Crippen LogP contribution < -0.4 is 0 Å². The molecule has 0 unspecified atom stereocenters. The first-order valence-electron chi connectivity index (χ1n) is 4.30. The second-order valence-electron chi connectivity index (χ2n) is 3.31. The molecule has 0 bridgehead atoms. The summed E-state index contributed by atoms with van der Waals surface area (Å²) in [6.07, 6.45) is 2.73. The van der Waals surface area contributed by atoms with Gasteiger partial charge in [-0.2, -0.15) is 0 Å². The monoisotopic (exact) mass is 219 g/mol. The summed E-state index contributed by atoms with van der Waals surface area (Å²) in [5, 5.41) is 1.44. The molecule has 67 valence electrons. The van der Waals surface area contributed by atoms with Crippen LogP contribution in [-0.2, 0) is 0 Å². The van der Waals surface area contributed by atoms with Gasteiger partial charge in [-0.25, -0.2) is 0 Å². The van der Waals surface area contributed by atoms with E-state index in [9.17, 15) is 0 Å². The van der Waals surface area contributed by atoms with Gasteiger partial charge in [-0.15, -0.1) is 0 Å². The fourth-order valence-electron chi connectivity index (χ4n) is 1.18. The molecule has 3 heteroatoms. The first-order chi connectivity index (χ1) is 5.09. The number of unbranched alkanes of at least 4 members (excludes halogenated alkanes) is 1. The van der Waals surface area contributed by atoms with Crippen LogP contribution in [0.5, 0.6) is 0 Å². The molecule has 0 rings (SSSR count). The molecule has 2 nitrogen and oxygen atoms in total. The van der Waals surface area contributed by atoms with Gasteiger partial charge in [0.15, 0.2) is 0 Å². The van der Waals surface area contributed by atoms with E-state index in [1.807, 2.05) is 0 Å². The summed E-state index contributed by atoms with van der Waals surface area (Å²) in [4.78, 5) is 0. The van der Waals surface area contributed by atoms with Crippen molar-refractivity contribution in [3.05, 3.63) is 0 Å². The minimum atomic E-state index is -0.999. The Morgan fingerprint density at radius 1 is 1.00 bits per heavy atom. The van der Waals surface area contributed by atoms with E-state index in [4.69, 9.17) is 0 Å². The first kappa shape index (κ1) is 11.5. The number of rotatable bonds is 5. The van der Waals surface area contributed by atoms with Crippen molar-refractivity contribution in [1.82, 2.24) is 7.71 Å². The Bertz CT molecular complexity index is 86.1. The SMILES string of the molecule is CCC[CH2][Ge]([N](C)C)[N](C)C. The van der Waals surface area contributed by atoms with Crippen molar-refractivity contribution >= 4 is 14.8 Å². The van der Waals surface area contributed by atoms with Crippen LogP contribution in [0.25, 0.3) is 0 Å². The molecule has 0 aromatic heterocycles. The van der Waals surface area contributed by atoms with E-state index in [1.54, 1.807) is 0 Å². The van der Waals surface area contributed by atoms with Crippen LogP contribution in [0.1, 0.15) is 19.8 Å². The fourth-order valence-corrected chi connectivity index (χ4v) is 6.14. The van der Waals surface area contributed by atoms with Crippen molar-refractivity contribution in [3.8, 4) is 0 Å². The summed E-state index contributed by atoms with van der Waals surface area (Å²) in [7, 11) is 8.85. The van der Waals surface area contributed by atoms with Crippen molar-refractivity contribution in [2.24, 2.45) is 0 Å². The van der Waals surface area contributed by atoms with Gasteiger partial charge >= 0.3 is 75.7 Å². The molecule has 0 aromatic rings. The second kappa shape index (κ2) is 6.03. The molecule has 0 saturated heterocycles. The molecule has 0 aliphatic heterocycles. The Hall–Kier alpha value is 0.463. The van der Waals surface area contributed by atoms with Crippen LogP contribution in [0.4, 0.5) is 0 Å². The molecule has 0 saturated carbocycles. The van der Waals surface area contributed by atoms with Gasteiger partial charge in [-0.1, -0.05) is 0 Å². The third kappa shape index (κ3) is 4.82. The average Bonchev–Trinajstić information content (AvgIpc) is 1.87. The van der Waals surface area contributed by atoms with Crippen molar-refractivity contribution < 1.29 is 0 Å². The Labute approximate surface area is 76.1 Å². The Morgan fingerprint density at radius 2 is 1.45 bits per heavy atom. The zero-order valence-corrected chi connectivity index (χ0v) is 10.6. The number of hydrogen-bond acceptors (Lipinski definition) is 2.